The smallest absolute Gasteiger partial charge is 0.410 e. The van der Waals surface area contributed by atoms with Gasteiger partial charge in [0.05, 0.1) is 39.6 Å². The Kier molecular flexibility index (Phi) is 37.7. The molecule has 0 spiro atoms. The van der Waals surface area contributed by atoms with E-state index in [0.717, 1.165) is 27.2 Å². The zero-order valence-electron chi connectivity index (χ0n) is 52.1. The Labute approximate surface area is 505 Å². The molecule has 31 nitrogen and oxygen atoms in total. The molecule has 2 aromatic carbocycles. The third kappa shape index (κ3) is 30.0. The Balaban J connectivity index is 0. The summed E-state index contributed by atoms with van der Waals surface area (Å²) >= 11 is 0. The summed E-state index contributed by atoms with van der Waals surface area (Å²) in [7, 11) is 5.30. The van der Waals surface area contributed by atoms with Gasteiger partial charge in [0, 0.05) is 34.1 Å². The Bertz CT molecular complexity index is 2540. The van der Waals surface area contributed by atoms with E-state index >= 15 is 0 Å². The number of hydrogen-bond acceptors (Lipinski definition) is 24. The van der Waals surface area contributed by atoms with Crippen LogP contribution in [0.2, 0.25) is 0 Å². The number of carboxylic acid groups (broad SMARTS) is 1. The van der Waals surface area contributed by atoms with Crippen LogP contribution in [0.1, 0.15) is 100 Å². The van der Waals surface area contributed by atoms with Crippen molar-refractivity contribution in [1.82, 2.24) is 31.5 Å². The lowest BCUT2D eigenvalue weighted by Crippen LogP contribution is -2.52. The van der Waals surface area contributed by atoms with Crippen molar-refractivity contribution < 1.29 is 110 Å². The molecule has 1 aliphatic carbocycles. The molecule has 3 rings (SSSR count). The minimum absolute atomic E-state index is 0.0529. The molecule has 0 fully saturated rings. The summed E-state index contributed by atoms with van der Waals surface area (Å²) in [5.41, 5.74) is 13.2. The number of carboxylic acids is 1. The average Bonchev–Trinajstić information content (AvgIpc) is 1.70. The van der Waals surface area contributed by atoms with E-state index in [1.165, 1.54) is 28.2 Å². The van der Waals surface area contributed by atoms with Crippen LogP contribution in [0.25, 0.3) is 11.1 Å². The van der Waals surface area contributed by atoms with E-state index in [2.05, 4.69) is 45.5 Å². The molecule has 0 radical (unpaired) electrons. The predicted octanol–water partition coefficient (Wildman–Crippen LogP) is 1.32. The first kappa shape index (κ1) is 79.9. The number of rotatable bonds is 21. The summed E-state index contributed by atoms with van der Waals surface area (Å²) in [6.45, 7) is 20.7. The minimum Gasteiger partial charge on any atom is -0.479 e. The Morgan fingerprint density at radius 2 is 0.805 bits per heavy atom. The van der Waals surface area contributed by atoms with E-state index in [-0.39, 0.29) is 52.2 Å². The topological polar surface area (TPSA) is 441 Å². The molecule has 10 N–H and O–H groups in total. The average molecular weight is 1240 g/mol. The lowest BCUT2D eigenvalue weighted by molar-refractivity contribution is -0.159. The van der Waals surface area contributed by atoms with E-state index in [4.69, 9.17) is 35.2 Å². The van der Waals surface area contributed by atoms with Crippen LogP contribution in [0.3, 0.4) is 0 Å². The fourth-order valence-corrected chi connectivity index (χ4v) is 6.56. The second-order valence-electron chi connectivity index (χ2n) is 19.1. The number of benzene rings is 2. The van der Waals surface area contributed by atoms with Crippen LogP contribution in [0.15, 0.2) is 48.5 Å². The molecule has 6 amide bonds. The molecule has 488 valence electrons. The first-order valence-electron chi connectivity index (χ1n) is 27.1. The highest BCUT2D eigenvalue weighted by molar-refractivity contribution is 6.05. The molecule has 0 saturated heterocycles. The standard InChI is InChI=1S/C20H20N2O5.C12H21NO6.C11H20N2O5.C7H13NO4.C6H12N2O3/c1-21-18(23)17(19(24)25)22(2)20(26)27-11-16-14-9-5-3-7-12(14)13-8-4-6-10-15(13)16;1-6-17-9(14)8(10(15)18-7-2)13-11(16)19-12(3,4)5;1-6-17-9(15)7(8(14)12-5)13-10(16)18-11(2,3)4;1-3-11-6(9)5(8)7(10)12-4-2;1-3-11-6(10)4(7)5(9)8-2/h3-10,16-17H,11H2,1-2H3,(H,21,23)(H,24,25);8H,6-7H2,1-5H3,(H,13,16);7H,6H2,1-5H3,(H,12,14)(H,13,16);5H,3-4,8H2,1-2H3;4H,3,7H2,1-2H3,(H,8,9). The number of amides is 6. The van der Waals surface area contributed by atoms with Crippen molar-refractivity contribution in [2.24, 2.45) is 11.5 Å². The number of alkyl carbamates (subject to hydrolysis) is 2. The number of aliphatic carboxylic acids is 1. The van der Waals surface area contributed by atoms with E-state index in [0.29, 0.717) is 0 Å². The number of ether oxygens (including phenoxy) is 9. The second-order valence-corrected chi connectivity index (χ2v) is 19.1. The lowest BCUT2D eigenvalue weighted by atomic mass is 9.98. The zero-order chi connectivity index (χ0) is 67.4. The van der Waals surface area contributed by atoms with Crippen molar-refractivity contribution in [2.45, 2.75) is 130 Å². The molecular formula is C56H86N8O23. The van der Waals surface area contributed by atoms with E-state index in [1.807, 2.05) is 48.5 Å². The van der Waals surface area contributed by atoms with Gasteiger partial charge in [0.15, 0.2) is 6.04 Å². The van der Waals surface area contributed by atoms with Crippen molar-refractivity contribution in [3.63, 3.8) is 0 Å². The maximum atomic E-state index is 12.4. The normalized spacial score (nSPS) is 11.9. The van der Waals surface area contributed by atoms with Gasteiger partial charge in [-0.05, 0) is 105 Å². The van der Waals surface area contributed by atoms with Crippen LogP contribution in [0, 0.1) is 0 Å². The summed E-state index contributed by atoms with van der Waals surface area (Å²) in [5, 5.41) is 20.3. The van der Waals surface area contributed by atoms with Gasteiger partial charge in [0.25, 0.3) is 11.8 Å². The summed E-state index contributed by atoms with van der Waals surface area (Å²) < 4.78 is 42.9. The number of hydrogen-bond donors (Lipinski definition) is 8. The molecule has 0 bridgehead atoms. The largest absolute Gasteiger partial charge is 0.479 e. The number of nitrogens with two attached hydrogens (primary N) is 2. The summed E-state index contributed by atoms with van der Waals surface area (Å²) in [6, 6.07) is 8.69. The summed E-state index contributed by atoms with van der Waals surface area (Å²) in [6.07, 6.45) is -2.62. The maximum Gasteiger partial charge on any atom is 0.410 e. The minimum atomic E-state index is -1.65. The highest BCUT2D eigenvalue weighted by Crippen LogP contribution is 2.44. The Hall–Kier alpha value is -9.13. The molecule has 0 aromatic heterocycles. The molecule has 0 heterocycles. The molecule has 2 aromatic rings. The quantitative estimate of drug-likeness (QED) is 0.0496. The van der Waals surface area contributed by atoms with E-state index in [9.17, 15) is 67.4 Å². The van der Waals surface area contributed by atoms with Gasteiger partial charge in [-0.15, -0.1) is 0 Å². The summed E-state index contributed by atoms with van der Waals surface area (Å²) in [5.74, 6) is -8.37. The van der Waals surface area contributed by atoms with Gasteiger partial charge in [-0.25, -0.2) is 47.9 Å². The van der Waals surface area contributed by atoms with Gasteiger partial charge in [-0.3, -0.25) is 29.9 Å². The fourth-order valence-electron chi connectivity index (χ4n) is 6.56. The summed E-state index contributed by atoms with van der Waals surface area (Å²) in [4.78, 5) is 148. The van der Waals surface area contributed by atoms with Crippen LogP contribution in [0.5, 0.6) is 0 Å². The van der Waals surface area contributed by atoms with Gasteiger partial charge < -0.3 is 75.2 Å². The zero-order valence-corrected chi connectivity index (χ0v) is 52.1. The number of likely N-dealkylation sites (N-methyl/N-ethyl adjacent to an activating group) is 4. The highest BCUT2D eigenvalue weighted by Gasteiger charge is 2.37. The molecule has 3 atom stereocenters. The molecule has 1 aliphatic rings. The van der Waals surface area contributed by atoms with Gasteiger partial charge in [0.1, 0.15) is 17.8 Å². The predicted molar refractivity (Wildman–Crippen MR) is 309 cm³/mol. The molecule has 0 saturated carbocycles. The van der Waals surface area contributed by atoms with Crippen molar-refractivity contribution in [1.29, 1.82) is 0 Å². The number of nitrogens with one attached hydrogen (secondary N) is 5. The van der Waals surface area contributed by atoms with Crippen molar-refractivity contribution in [3.8, 4) is 11.1 Å². The fraction of sp³-hybridized carbons (Fsp3) is 0.554. The lowest BCUT2D eigenvalue weighted by Gasteiger charge is -2.24. The third-order valence-electron chi connectivity index (χ3n) is 10.3. The molecule has 87 heavy (non-hydrogen) atoms. The van der Waals surface area contributed by atoms with Crippen LogP contribution in [-0.4, -0.2) is 204 Å². The first-order chi connectivity index (χ1) is 40.6. The molecule has 3 unspecified atom stereocenters. The number of nitrogens with zero attached hydrogens (tertiary/aromatic N) is 1. The Morgan fingerprint density at radius 1 is 0.483 bits per heavy atom. The highest BCUT2D eigenvalue weighted by atomic mass is 16.6. The van der Waals surface area contributed by atoms with Gasteiger partial charge in [-0.2, -0.15) is 0 Å². The monoisotopic (exact) mass is 1240 g/mol. The third-order valence-corrected chi connectivity index (χ3v) is 10.3. The Morgan fingerprint density at radius 3 is 1.14 bits per heavy atom. The number of carbonyl (C=O) groups is 13. The van der Waals surface area contributed by atoms with Gasteiger partial charge in [-0.1, -0.05) is 48.5 Å². The van der Waals surface area contributed by atoms with Crippen LogP contribution >= 0.6 is 0 Å². The number of carbonyl (C=O) groups excluding carboxylic acids is 12. The maximum absolute atomic E-state index is 12.4. The van der Waals surface area contributed by atoms with Crippen LogP contribution in [-0.2, 0) is 90.6 Å². The van der Waals surface area contributed by atoms with Gasteiger partial charge in [0.2, 0.25) is 30.1 Å². The second kappa shape index (κ2) is 41.0. The van der Waals surface area contributed by atoms with Crippen molar-refractivity contribution in [2.75, 3.05) is 74.4 Å². The first-order valence-corrected chi connectivity index (χ1v) is 27.1. The molecular weight excluding hydrogens is 1150 g/mol. The van der Waals surface area contributed by atoms with Crippen molar-refractivity contribution >= 4 is 77.8 Å². The van der Waals surface area contributed by atoms with Crippen molar-refractivity contribution in [3.05, 3.63) is 59.7 Å². The molecule has 31 heteroatoms. The number of fused-ring (bicyclic) bond motifs is 3. The van der Waals surface area contributed by atoms with Crippen LogP contribution < -0.4 is 38.1 Å². The van der Waals surface area contributed by atoms with E-state index in [1.54, 1.807) is 83.1 Å². The molecule has 0 aliphatic heterocycles. The van der Waals surface area contributed by atoms with Crippen LogP contribution in [0.4, 0.5) is 14.4 Å². The number of esters is 6. The van der Waals surface area contributed by atoms with E-state index < -0.39 is 119 Å². The van der Waals surface area contributed by atoms with Gasteiger partial charge >= 0.3 is 60.1 Å². The SMILES string of the molecule is CCOC(=O)C(N)C(=O)NC.CCOC(=O)C(N)C(=O)OCC.CCOC(=O)C(NC(=O)OC(C)(C)C)C(=O)NC.CCOC(=O)C(NC(=O)OC(C)(C)C)C(=O)OCC.CNC(=O)C(C(=O)O)N(C)C(=O)OCC1c2ccccc2-c2ccccc21.